The summed E-state index contributed by atoms with van der Waals surface area (Å²) in [5.41, 5.74) is 1.12. The van der Waals surface area contributed by atoms with Gasteiger partial charge in [-0.3, -0.25) is 4.79 Å². The Morgan fingerprint density at radius 3 is 2.81 bits per heavy atom. The van der Waals surface area contributed by atoms with Crippen LogP contribution in [-0.4, -0.2) is 49.9 Å². The predicted octanol–water partition coefficient (Wildman–Crippen LogP) is 2.15. The monoisotopic (exact) mass is 373 g/mol. The second-order valence-electron chi connectivity index (χ2n) is 8.04. The quantitative estimate of drug-likeness (QED) is 0.798. The number of carbonyl (C=O) groups is 1. The van der Waals surface area contributed by atoms with Crippen molar-refractivity contribution in [3.05, 3.63) is 28.7 Å². The molecule has 2 aliphatic rings. The van der Waals surface area contributed by atoms with E-state index in [-0.39, 0.29) is 18.0 Å². The van der Waals surface area contributed by atoms with Crippen LogP contribution in [-0.2, 0) is 30.7 Å². The molecule has 8 heteroatoms. The standard InChI is InChI=1S/C19H27N5O3/c1-11(2)7-16-20-21-17-8-13-5-6-14(9-23(16)17)24(13)19(25)18-15(10-26-4)12(3)27-22-18/h11,13-14H,5-10H2,1-4H3/t13-,14+/m0/s1. The highest BCUT2D eigenvalue weighted by molar-refractivity contribution is 5.94. The van der Waals surface area contributed by atoms with Crippen LogP contribution in [0.4, 0.5) is 0 Å². The molecule has 1 amide bonds. The minimum absolute atomic E-state index is 0.0597. The molecule has 0 radical (unpaired) electrons. The van der Waals surface area contributed by atoms with Crippen LogP contribution in [0.5, 0.6) is 0 Å². The summed E-state index contributed by atoms with van der Waals surface area (Å²) in [5.74, 6) is 3.11. The van der Waals surface area contributed by atoms with Crippen molar-refractivity contribution in [3.63, 3.8) is 0 Å². The summed E-state index contributed by atoms with van der Waals surface area (Å²) in [4.78, 5) is 15.4. The van der Waals surface area contributed by atoms with Gasteiger partial charge in [0.1, 0.15) is 17.4 Å². The zero-order chi connectivity index (χ0) is 19.1. The maximum absolute atomic E-state index is 13.4. The van der Waals surface area contributed by atoms with Gasteiger partial charge in [-0.2, -0.15) is 0 Å². The third kappa shape index (κ3) is 3.16. The van der Waals surface area contributed by atoms with Crippen LogP contribution in [0.1, 0.15) is 60.2 Å². The molecule has 2 aromatic rings. The predicted molar refractivity (Wildman–Crippen MR) is 97.2 cm³/mol. The van der Waals surface area contributed by atoms with E-state index in [1.54, 1.807) is 7.11 Å². The van der Waals surface area contributed by atoms with Gasteiger partial charge < -0.3 is 18.7 Å². The number of hydrogen-bond donors (Lipinski definition) is 0. The van der Waals surface area contributed by atoms with Crippen LogP contribution in [0.3, 0.4) is 0 Å². The number of carbonyl (C=O) groups excluding carboxylic acids is 1. The highest BCUT2D eigenvalue weighted by Gasteiger charge is 2.42. The lowest BCUT2D eigenvalue weighted by atomic mass is 10.1. The van der Waals surface area contributed by atoms with Crippen molar-refractivity contribution in [2.24, 2.45) is 5.92 Å². The average molecular weight is 373 g/mol. The summed E-state index contributed by atoms with van der Waals surface area (Å²) in [6.07, 6.45) is 3.62. The molecule has 2 atom stereocenters. The second-order valence-corrected chi connectivity index (χ2v) is 8.04. The third-order valence-electron chi connectivity index (χ3n) is 5.64. The molecule has 0 aliphatic carbocycles. The van der Waals surface area contributed by atoms with Crippen molar-refractivity contribution in [1.82, 2.24) is 24.8 Å². The van der Waals surface area contributed by atoms with E-state index >= 15 is 0 Å². The van der Waals surface area contributed by atoms with Crippen molar-refractivity contribution in [1.29, 1.82) is 0 Å². The van der Waals surface area contributed by atoms with E-state index in [4.69, 9.17) is 9.26 Å². The topological polar surface area (TPSA) is 86.3 Å². The zero-order valence-electron chi connectivity index (χ0n) is 16.4. The summed E-state index contributed by atoms with van der Waals surface area (Å²) >= 11 is 0. The van der Waals surface area contributed by atoms with E-state index in [2.05, 4.69) is 33.8 Å². The number of nitrogens with zero attached hydrogens (tertiary/aromatic N) is 5. The van der Waals surface area contributed by atoms with Gasteiger partial charge in [0.05, 0.1) is 18.2 Å². The van der Waals surface area contributed by atoms with Gasteiger partial charge in [-0.15, -0.1) is 10.2 Å². The maximum atomic E-state index is 13.4. The molecule has 0 saturated carbocycles. The molecular formula is C19H27N5O3. The number of fused-ring (bicyclic) bond motifs is 3. The largest absolute Gasteiger partial charge is 0.380 e. The lowest BCUT2D eigenvalue weighted by molar-refractivity contribution is 0.0650. The molecule has 0 spiro atoms. The molecule has 0 N–H and O–H groups in total. The van der Waals surface area contributed by atoms with Gasteiger partial charge in [-0.1, -0.05) is 19.0 Å². The van der Waals surface area contributed by atoms with E-state index in [1.807, 2.05) is 11.8 Å². The van der Waals surface area contributed by atoms with Crippen molar-refractivity contribution >= 4 is 5.91 Å². The Balaban J connectivity index is 1.63. The first-order chi connectivity index (χ1) is 13.0. The van der Waals surface area contributed by atoms with Gasteiger partial charge in [0.15, 0.2) is 5.69 Å². The zero-order valence-corrected chi connectivity index (χ0v) is 16.4. The van der Waals surface area contributed by atoms with E-state index in [1.165, 1.54) is 0 Å². The van der Waals surface area contributed by atoms with Crippen molar-refractivity contribution in [2.75, 3.05) is 7.11 Å². The molecule has 2 bridgehead atoms. The van der Waals surface area contributed by atoms with E-state index in [0.29, 0.717) is 24.0 Å². The minimum Gasteiger partial charge on any atom is -0.380 e. The molecule has 1 saturated heterocycles. The van der Waals surface area contributed by atoms with Gasteiger partial charge in [-0.05, 0) is 25.7 Å². The van der Waals surface area contributed by atoms with Crippen LogP contribution in [0, 0.1) is 12.8 Å². The first-order valence-corrected chi connectivity index (χ1v) is 9.67. The van der Waals surface area contributed by atoms with Crippen LogP contribution >= 0.6 is 0 Å². The SMILES string of the molecule is COCc1c(C(=O)N2[C@@H]3CC[C@H]2Cc2nnc(CC(C)C)n2C3)noc1C. The van der Waals surface area contributed by atoms with Crippen molar-refractivity contribution in [2.45, 2.75) is 71.7 Å². The average Bonchev–Trinajstić information content (AvgIpc) is 3.24. The highest BCUT2D eigenvalue weighted by atomic mass is 16.5. The molecule has 8 nitrogen and oxygen atoms in total. The fraction of sp³-hybridized carbons (Fsp3) is 0.684. The lowest BCUT2D eigenvalue weighted by Crippen LogP contribution is -2.42. The molecule has 4 heterocycles. The maximum Gasteiger partial charge on any atom is 0.277 e. The number of hydrogen-bond acceptors (Lipinski definition) is 6. The van der Waals surface area contributed by atoms with E-state index in [9.17, 15) is 4.79 Å². The Morgan fingerprint density at radius 2 is 2.07 bits per heavy atom. The molecule has 1 fully saturated rings. The molecule has 0 aromatic carbocycles. The molecular weight excluding hydrogens is 346 g/mol. The Bertz CT molecular complexity index is 841. The molecule has 0 unspecified atom stereocenters. The third-order valence-corrected chi connectivity index (χ3v) is 5.64. The number of ether oxygens (including phenoxy) is 1. The fourth-order valence-corrected chi connectivity index (χ4v) is 4.34. The Kier molecular flexibility index (Phi) is 4.75. The number of aryl methyl sites for hydroxylation is 1. The van der Waals surface area contributed by atoms with E-state index < -0.39 is 0 Å². The summed E-state index contributed by atoms with van der Waals surface area (Å²) < 4.78 is 12.8. The Morgan fingerprint density at radius 1 is 1.30 bits per heavy atom. The summed E-state index contributed by atoms with van der Waals surface area (Å²) in [6, 6.07) is 0.269. The van der Waals surface area contributed by atoms with Crippen LogP contribution < -0.4 is 0 Å². The van der Waals surface area contributed by atoms with Gasteiger partial charge in [0.2, 0.25) is 0 Å². The molecule has 146 valence electrons. The van der Waals surface area contributed by atoms with Gasteiger partial charge >= 0.3 is 0 Å². The van der Waals surface area contributed by atoms with Gasteiger partial charge in [-0.25, -0.2) is 0 Å². The minimum atomic E-state index is -0.0597. The first-order valence-electron chi connectivity index (χ1n) is 9.67. The Hall–Kier alpha value is -2.22. The number of aromatic nitrogens is 4. The van der Waals surface area contributed by atoms with Crippen LogP contribution in [0.15, 0.2) is 4.52 Å². The van der Waals surface area contributed by atoms with Crippen LogP contribution in [0.2, 0.25) is 0 Å². The number of methoxy groups -OCH3 is 1. The lowest BCUT2D eigenvalue weighted by Gasteiger charge is -2.27. The summed E-state index contributed by atoms with van der Waals surface area (Å²) in [5, 5.41) is 12.9. The van der Waals surface area contributed by atoms with E-state index in [0.717, 1.165) is 49.4 Å². The number of rotatable bonds is 5. The van der Waals surface area contributed by atoms with Crippen molar-refractivity contribution in [3.8, 4) is 0 Å². The normalized spacial score (nSPS) is 21.6. The molecule has 2 aliphatic heterocycles. The van der Waals surface area contributed by atoms with Gasteiger partial charge in [0, 0.05) is 32.5 Å². The molecule has 4 rings (SSSR count). The molecule has 27 heavy (non-hydrogen) atoms. The summed E-state index contributed by atoms with van der Waals surface area (Å²) in [6.45, 7) is 7.26. The number of amides is 1. The summed E-state index contributed by atoms with van der Waals surface area (Å²) in [7, 11) is 1.61. The fourth-order valence-electron chi connectivity index (χ4n) is 4.34. The smallest absolute Gasteiger partial charge is 0.277 e. The van der Waals surface area contributed by atoms with Gasteiger partial charge in [0.25, 0.3) is 5.91 Å². The van der Waals surface area contributed by atoms with Crippen molar-refractivity contribution < 1.29 is 14.1 Å². The Labute approximate surface area is 158 Å². The second kappa shape index (κ2) is 7.07. The highest BCUT2D eigenvalue weighted by Crippen LogP contribution is 2.33. The van der Waals surface area contributed by atoms with Crippen LogP contribution in [0.25, 0.3) is 0 Å². The first kappa shape index (κ1) is 18.2. The molecule has 2 aromatic heterocycles.